The molecule has 2 N–H and O–H groups in total. The Morgan fingerprint density at radius 3 is 2.55 bits per heavy atom. The zero-order valence-electron chi connectivity index (χ0n) is 12.3. The average molecular weight is 299 g/mol. The van der Waals surface area contributed by atoms with Crippen LogP contribution in [0.15, 0.2) is 18.2 Å². The van der Waals surface area contributed by atoms with E-state index in [1.165, 1.54) is 31.7 Å². The summed E-state index contributed by atoms with van der Waals surface area (Å²) in [5.41, 5.74) is 6.56. The lowest BCUT2D eigenvalue weighted by Crippen LogP contribution is -2.40. The highest BCUT2D eigenvalue weighted by Gasteiger charge is 2.28. The zero-order chi connectivity index (χ0) is 14.7. The molecule has 1 aliphatic rings. The molecule has 0 aromatic heterocycles. The summed E-state index contributed by atoms with van der Waals surface area (Å²) in [6.07, 6.45) is 4.83. The summed E-state index contributed by atoms with van der Waals surface area (Å²) in [5, 5.41) is 0.427. The van der Waals surface area contributed by atoms with Gasteiger partial charge in [0.05, 0.1) is 0 Å². The fraction of sp³-hybridized carbons (Fsp3) is 0.625. The lowest BCUT2D eigenvalue weighted by atomic mass is 9.86. The Morgan fingerprint density at radius 2 is 2.00 bits per heavy atom. The molecule has 0 bridgehead atoms. The second-order valence-electron chi connectivity index (χ2n) is 6.00. The van der Waals surface area contributed by atoms with Gasteiger partial charge in [-0.3, -0.25) is 4.90 Å². The normalized spacial score (nSPS) is 24.9. The third-order valence-corrected chi connectivity index (χ3v) is 4.83. The van der Waals surface area contributed by atoms with Gasteiger partial charge in [0.25, 0.3) is 0 Å². The summed E-state index contributed by atoms with van der Waals surface area (Å²) in [4.78, 5) is 2.25. The predicted octanol–water partition coefficient (Wildman–Crippen LogP) is 3.99. The molecule has 1 fully saturated rings. The van der Waals surface area contributed by atoms with Crippen LogP contribution in [0.1, 0.15) is 44.2 Å². The maximum atomic E-state index is 14.1. The van der Waals surface area contributed by atoms with Crippen molar-refractivity contribution in [3.63, 3.8) is 0 Å². The molecule has 0 spiro atoms. The van der Waals surface area contributed by atoms with Gasteiger partial charge >= 0.3 is 0 Å². The molecular formula is C16H24ClFN2. The third kappa shape index (κ3) is 3.51. The van der Waals surface area contributed by atoms with E-state index in [9.17, 15) is 4.39 Å². The van der Waals surface area contributed by atoms with Gasteiger partial charge in [-0.25, -0.2) is 4.39 Å². The molecule has 4 heteroatoms. The number of hydrogen-bond donors (Lipinski definition) is 1. The van der Waals surface area contributed by atoms with Gasteiger partial charge in [0.1, 0.15) is 5.82 Å². The van der Waals surface area contributed by atoms with Gasteiger partial charge in [0.2, 0.25) is 0 Å². The number of nitrogens with zero attached hydrogens (tertiary/aromatic N) is 1. The van der Waals surface area contributed by atoms with Crippen LogP contribution in [0, 0.1) is 11.7 Å². The standard InChI is InChI=1S/C16H24ClFN2/c1-11-3-6-13(7-4-11)20(2)16(10-19)14-8-5-12(17)9-15(14)18/h5,8-9,11,13,16H,3-4,6-7,10,19H2,1-2H3. The Morgan fingerprint density at radius 1 is 1.35 bits per heavy atom. The first-order valence-corrected chi connectivity index (χ1v) is 7.77. The lowest BCUT2D eigenvalue weighted by molar-refractivity contribution is 0.124. The van der Waals surface area contributed by atoms with Gasteiger partial charge in [-0.1, -0.05) is 24.6 Å². The topological polar surface area (TPSA) is 29.3 Å². The minimum Gasteiger partial charge on any atom is -0.329 e. The van der Waals surface area contributed by atoms with Crippen molar-refractivity contribution in [2.75, 3.05) is 13.6 Å². The van der Waals surface area contributed by atoms with E-state index in [4.69, 9.17) is 17.3 Å². The molecule has 1 aliphatic carbocycles. The van der Waals surface area contributed by atoms with Crippen molar-refractivity contribution in [2.45, 2.75) is 44.7 Å². The quantitative estimate of drug-likeness (QED) is 0.911. The van der Waals surface area contributed by atoms with E-state index in [2.05, 4.69) is 18.9 Å². The molecule has 0 saturated heterocycles. The number of benzene rings is 1. The summed E-state index contributed by atoms with van der Waals surface area (Å²) in [6, 6.07) is 5.29. The fourth-order valence-corrected chi connectivity index (χ4v) is 3.35. The van der Waals surface area contributed by atoms with E-state index in [0.717, 1.165) is 5.92 Å². The number of likely N-dealkylation sites (N-methyl/N-ethyl adjacent to an activating group) is 1. The second-order valence-corrected chi connectivity index (χ2v) is 6.43. The van der Waals surface area contributed by atoms with E-state index < -0.39 is 0 Å². The average Bonchev–Trinajstić information content (AvgIpc) is 2.42. The molecule has 112 valence electrons. The summed E-state index contributed by atoms with van der Waals surface area (Å²) in [6.45, 7) is 2.72. The number of nitrogens with two attached hydrogens (primary N) is 1. The molecule has 1 saturated carbocycles. The summed E-state index contributed by atoms with van der Waals surface area (Å²) < 4.78 is 14.1. The van der Waals surface area contributed by atoms with Crippen LogP contribution < -0.4 is 5.73 Å². The van der Waals surface area contributed by atoms with Crippen LogP contribution in [0.4, 0.5) is 4.39 Å². The van der Waals surface area contributed by atoms with E-state index in [1.807, 2.05) is 0 Å². The van der Waals surface area contributed by atoms with Crippen molar-refractivity contribution >= 4 is 11.6 Å². The minimum atomic E-state index is -0.260. The molecule has 1 atom stereocenters. The second kappa shape index (κ2) is 6.88. The molecule has 1 aromatic rings. The Balaban J connectivity index is 2.14. The molecule has 20 heavy (non-hydrogen) atoms. The number of rotatable bonds is 4. The maximum absolute atomic E-state index is 14.1. The van der Waals surface area contributed by atoms with Crippen molar-refractivity contribution in [3.8, 4) is 0 Å². The Bertz CT molecular complexity index is 444. The molecule has 1 aromatic carbocycles. The van der Waals surface area contributed by atoms with E-state index in [0.29, 0.717) is 23.2 Å². The molecule has 1 unspecified atom stereocenters. The monoisotopic (exact) mass is 298 g/mol. The lowest BCUT2D eigenvalue weighted by Gasteiger charge is -2.38. The first-order valence-electron chi connectivity index (χ1n) is 7.40. The van der Waals surface area contributed by atoms with Gasteiger partial charge in [-0.2, -0.15) is 0 Å². The summed E-state index contributed by atoms with van der Waals surface area (Å²) in [7, 11) is 2.06. The van der Waals surface area contributed by atoms with Crippen LogP contribution in [0.25, 0.3) is 0 Å². The van der Waals surface area contributed by atoms with Gasteiger partial charge < -0.3 is 5.73 Å². The van der Waals surface area contributed by atoms with Crippen molar-refractivity contribution in [1.29, 1.82) is 0 Å². The molecule has 2 rings (SSSR count). The van der Waals surface area contributed by atoms with Gasteiger partial charge in [0, 0.05) is 29.2 Å². The molecule has 2 nitrogen and oxygen atoms in total. The highest BCUT2D eigenvalue weighted by atomic mass is 35.5. The van der Waals surface area contributed by atoms with Crippen LogP contribution in [0.2, 0.25) is 5.02 Å². The fourth-order valence-electron chi connectivity index (χ4n) is 3.19. The van der Waals surface area contributed by atoms with Crippen molar-refractivity contribution in [2.24, 2.45) is 11.7 Å². The van der Waals surface area contributed by atoms with Gasteiger partial charge in [-0.05, 0) is 50.8 Å². The van der Waals surface area contributed by atoms with E-state index in [1.54, 1.807) is 12.1 Å². The third-order valence-electron chi connectivity index (χ3n) is 4.60. The minimum absolute atomic E-state index is 0.0781. The number of hydrogen-bond acceptors (Lipinski definition) is 2. The molecule has 0 radical (unpaired) electrons. The zero-order valence-corrected chi connectivity index (χ0v) is 13.0. The van der Waals surface area contributed by atoms with E-state index in [-0.39, 0.29) is 11.9 Å². The highest BCUT2D eigenvalue weighted by Crippen LogP contribution is 2.32. The summed E-state index contributed by atoms with van der Waals surface area (Å²) in [5.74, 6) is 0.548. The Hall–Kier alpha value is -0.640. The highest BCUT2D eigenvalue weighted by molar-refractivity contribution is 6.30. The SMILES string of the molecule is CC1CCC(N(C)C(CN)c2ccc(Cl)cc2F)CC1. The molecular weight excluding hydrogens is 275 g/mol. The molecule has 0 heterocycles. The van der Waals surface area contributed by atoms with Crippen molar-refractivity contribution < 1.29 is 4.39 Å². The van der Waals surface area contributed by atoms with Gasteiger partial charge in [0.15, 0.2) is 0 Å². The molecule has 0 aliphatic heterocycles. The largest absolute Gasteiger partial charge is 0.329 e. The van der Waals surface area contributed by atoms with E-state index >= 15 is 0 Å². The first-order chi connectivity index (χ1) is 9.52. The molecule has 0 amide bonds. The van der Waals surface area contributed by atoms with Crippen molar-refractivity contribution in [1.82, 2.24) is 4.90 Å². The number of halogens is 2. The van der Waals surface area contributed by atoms with Crippen LogP contribution in [-0.4, -0.2) is 24.5 Å². The van der Waals surface area contributed by atoms with Crippen molar-refractivity contribution in [3.05, 3.63) is 34.6 Å². The first kappa shape index (κ1) is 15.7. The maximum Gasteiger partial charge on any atom is 0.129 e. The van der Waals surface area contributed by atoms with Crippen LogP contribution in [-0.2, 0) is 0 Å². The summed E-state index contributed by atoms with van der Waals surface area (Å²) >= 11 is 5.82. The van der Waals surface area contributed by atoms with Crippen LogP contribution in [0.5, 0.6) is 0 Å². The Kier molecular flexibility index (Phi) is 5.42. The van der Waals surface area contributed by atoms with Crippen LogP contribution >= 0.6 is 11.6 Å². The Labute approximate surface area is 126 Å². The predicted molar refractivity (Wildman–Crippen MR) is 82.4 cm³/mol. The van der Waals surface area contributed by atoms with Gasteiger partial charge in [-0.15, -0.1) is 0 Å². The van der Waals surface area contributed by atoms with Crippen LogP contribution in [0.3, 0.4) is 0 Å². The smallest absolute Gasteiger partial charge is 0.129 e.